The highest BCUT2D eigenvalue weighted by Gasteiger charge is 2.30. The van der Waals surface area contributed by atoms with Gasteiger partial charge in [-0.15, -0.1) is 4.73 Å². The van der Waals surface area contributed by atoms with Crippen LogP contribution < -0.4 is 16.0 Å². The summed E-state index contributed by atoms with van der Waals surface area (Å²) in [6.45, 7) is 5.25. The molecule has 0 bridgehead atoms. The van der Waals surface area contributed by atoms with Crippen molar-refractivity contribution in [3.05, 3.63) is 115 Å². The number of benzene rings is 3. The number of fused-ring (bicyclic) bond motifs is 1. The van der Waals surface area contributed by atoms with Crippen LogP contribution in [0.1, 0.15) is 12.5 Å². The molecule has 1 fully saturated rings. The predicted molar refractivity (Wildman–Crippen MR) is 169 cm³/mol. The normalized spacial score (nSPS) is 13.0. The number of esters is 1. The van der Waals surface area contributed by atoms with Crippen LogP contribution in [0.2, 0.25) is 0 Å². The van der Waals surface area contributed by atoms with Gasteiger partial charge in [0, 0.05) is 38.8 Å². The van der Waals surface area contributed by atoms with Gasteiger partial charge in [0.2, 0.25) is 0 Å². The summed E-state index contributed by atoms with van der Waals surface area (Å²) >= 11 is 0. The molecule has 1 aliphatic heterocycles. The van der Waals surface area contributed by atoms with Crippen molar-refractivity contribution in [1.29, 1.82) is 0 Å². The van der Waals surface area contributed by atoms with Crippen LogP contribution >= 0.6 is 0 Å². The fourth-order valence-corrected chi connectivity index (χ4v) is 4.95. The molecule has 5 rings (SSSR count). The first-order chi connectivity index (χ1) is 22.2. The van der Waals surface area contributed by atoms with Crippen molar-refractivity contribution in [2.45, 2.75) is 19.9 Å². The lowest BCUT2D eigenvalue weighted by molar-refractivity contribution is -0.384. The number of aryl methyl sites for hydroxylation is 2. The Kier molecular flexibility index (Phi) is 11.7. The van der Waals surface area contributed by atoms with Gasteiger partial charge in [-0.1, -0.05) is 54.6 Å². The second-order valence-electron chi connectivity index (χ2n) is 10.2. The van der Waals surface area contributed by atoms with E-state index in [1.54, 1.807) is 37.3 Å². The fraction of sp³-hybridized carbons (Fsp3) is 0.312. The molecule has 0 radical (unpaired) electrons. The molecule has 0 spiro atoms. The van der Waals surface area contributed by atoms with Crippen molar-refractivity contribution in [3.63, 3.8) is 0 Å². The van der Waals surface area contributed by atoms with Gasteiger partial charge in [-0.2, -0.15) is 0 Å². The van der Waals surface area contributed by atoms with Crippen molar-refractivity contribution in [2.24, 2.45) is 0 Å². The second-order valence-corrected chi connectivity index (χ2v) is 10.2. The molecule has 0 atom stereocenters. The molecule has 1 saturated heterocycles. The number of nitro benzene ring substituents is 1. The smallest absolute Gasteiger partial charge is 0.397 e. The Hall–Kier alpha value is -5.34. The Balaban J connectivity index is 0.000000211. The van der Waals surface area contributed by atoms with Gasteiger partial charge in [-0.05, 0) is 37.1 Å². The third-order valence-corrected chi connectivity index (χ3v) is 7.30. The number of carbonyl (C=O) groups excluding carboxylic acids is 2. The highest BCUT2D eigenvalue weighted by atomic mass is 16.6. The van der Waals surface area contributed by atoms with Crippen LogP contribution in [0.3, 0.4) is 0 Å². The highest BCUT2D eigenvalue weighted by molar-refractivity contribution is 6.38. The lowest BCUT2D eigenvalue weighted by Crippen LogP contribution is -2.45. The Morgan fingerprint density at radius 2 is 1.54 bits per heavy atom. The molecule has 46 heavy (non-hydrogen) atoms. The number of nitro groups is 1. The zero-order valence-electron chi connectivity index (χ0n) is 25.3. The third kappa shape index (κ3) is 8.22. The minimum absolute atomic E-state index is 0.0543. The lowest BCUT2D eigenvalue weighted by atomic mass is 10.1. The molecule has 242 valence electrons. The van der Waals surface area contributed by atoms with E-state index in [2.05, 4.69) is 4.90 Å². The van der Waals surface area contributed by atoms with E-state index in [1.807, 2.05) is 30.3 Å². The fourth-order valence-electron chi connectivity index (χ4n) is 4.95. The van der Waals surface area contributed by atoms with Gasteiger partial charge in [-0.3, -0.25) is 34.3 Å². The van der Waals surface area contributed by atoms with E-state index in [0.29, 0.717) is 61.6 Å². The molecule has 14 nitrogen and oxygen atoms in total. The van der Waals surface area contributed by atoms with Crippen LogP contribution in [0.4, 0.5) is 11.4 Å². The number of hydrogen-bond donors (Lipinski definition) is 1. The van der Waals surface area contributed by atoms with Gasteiger partial charge in [0.05, 0.1) is 30.3 Å². The Morgan fingerprint density at radius 3 is 2.22 bits per heavy atom. The topological polar surface area (TPSA) is 166 Å². The highest BCUT2D eigenvalue weighted by Crippen LogP contribution is 2.28. The summed E-state index contributed by atoms with van der Waals surface area (Å²) in [4.78, 5) is 62.1. The Labute approximate surface area is 263 Å². The van der Waals surface area contributed by atoms with Crippen LogP contribution in [0, 0.1) is 10.1 Å². The molecule has 3 aromatic carbocycles. The summed E-state index contributed by atoms with van der Waals surface area (Å²) in [5.41, 5.74) is 0.159. The summed E-state index contributed by atoms with van der Waals surface area (Å²) in [6, 6.07) is 22.4. The van der Waals surface area contributed by atoms with Crippen LogP contribution in [0.5, 0.6) is 0 Å². The molecule has 14 heteroatoms. The monoisotopic (exact) mass is 633 g/mol. The first-order valence-corrected chi connectivity index (χ1v) is 14.7. The number of aromatic nitrogens is 2. The maximum Gasteiger partial charge on any atom is 0.397 e. The van der Waals surface area contributed by atoms with Crippen molar-refractivity contribution in [3.8, 4) is 0 Å². The molecule has 2 heterocycles. The number of carbonyl (C=O) groups is 2. The first kappa shape index (κ1) is 33.6. The van der Waals surface area contributed by atoms with Crippen molar-refractivity contribution < 1.29 is 29.2 Å². The molecule has 1 N–H and O–H groups in total. The van der Waals surface area contributed by atoms with E-state index in [4.69, 9.17) is 9.47 Å². The number of morpholine rings is 1. The molecular formula is C32H35N5O9. The SMILES string of the molecule is CCOC(=O)C(=O)N(CCN1CCOCC1)c1ccccc1[N+](=O)[O-].O=c1c(=O)n(CCc2ccccc2)c2ccccc2n1O. The lowest BCUT2D eigenvalue weighted by Gasteiger charge is -2.29. The van der Waals surface area contributed by atoms with E-state index in [-0.39, 0.29) is 24.5 Å². The zero-order valence-corrected chi connectivity index (χ0v) is 25.3. The molecule has 4 aromatic rings. The molecule has 1 aliphatic rings. The van der Waals surface area contributed by atoms with Crippen LogP contribution in [0.15, 0.2) is 88.5 Å². The minimum Gasteiger partial charge on any atom is -0.459 e. The largest absolute Gasteiger partial charge is 0.459 e. The van der Waals surface area contributed by atoms with Gasteiger partial charge in [-0.25, -0.2) is 4.79 Å². The first-order valence-electron chi connectivity index (χ1n) is 14.7. The molecule has 0 saturated carbocycles. The average Bonchev–Trinajstić information content (AvgIpc) is 3.08. The number of anilines is 1. The molecule has 1 aromatic heterocycles. The summed E-state index contributed by atoms with van der Waals surface area (Å²) in [6.07, 6.45) is 0.639. The number of amides is 1. The summed E-state index contributed by atoms with van der Waals surface area (Å²) < 4.78 is 11.9. The third-order valence-electron chi connectivity index (χ3n) is 7.30. The van der Waals surface area contributed by atoms with Crippen LogP contribution in [0.25, 0.3) is 11.0 Å². The van der Waals surface area contributed by atoms with E-state index in [9.17, 15) is 34.5 Å². The van der Waals surface area contributed by atoms with E-state index >= 15 is 0 Å². The van der Waals surface area contributed by atoms with E-state index in [1.165, 1.54) is 22.8 Å². The molecule has 1 amide bonds. The summed E-state index contributed by atoms with van der Waals surface area (Å²) in [5.74, 6) is -1.94. The van der Waals surface area contributed by atoms with E-state index < -0.39 is 27.9 Å². The second kappa shape index (κ2) is 16.1. The van der Waals surface area contributed by atoms with E-state index in [0.717, 1.165) is 10.5 Å². The molecular weight excluding hydrogens is 598 g/mol. The zero-order chi connectivity index (χ0) is 33.1. The number of nitrogens with zero attached hydrogens (tertiary/aromatic N) is 5. The number of para-hydroxylation sites is 4. The minimum atomic E-state index is -1.03. The van der Waals surface area contributed by atoms with Crippen LogP contribution in [-0.4, -0.2) is 82.2 Å². The number of rotatable bonds is 9. The van der Waals surface area contributed by atoms with Crippen molar-refractivity contribution >= 4 is 34.3 Å². The van der Waals surface area contributed by atoms with Gasteiger partial charge in [0.15, 0.2) is 0 Å². The number of hydrogen-bond acceptors (Lipinski definition) is 10. The number of ether oxygens (including phenoxy) is 2. The van der Waals surface area contributed by atoms with Gasteiger partial charge in [0.1, 0.15) is 11.2 Å². The molecule has 0 aliphatic carbocycles. The van der Waals surface area contributed by atoms with Crippen LogP contribution in [-0.2, 0) is 32.0 Å². The van der Waals surface area contributed by atoms with Gasteiger partial charge in [0.25, 0.3) is 5.69 Å². The quantitative estimate of drug-likeness (QED) is 0.0951. The van der Waals surface area contributed by atoms with Crippen molar-refractivity contribution in [1.82, 2.24) is 14.2 Å². The van der Waals surface area contributed by atoms with Gasteiger partial charge >= 0.3 is 23.0 Å². The van der Waals surface area contributed by atoms with Crippen molar-refractivity contribution in [2.75, 3.05) is 50.9 Å². The maximum absolute atomic E-state index is 12.5. The Bertz CT molecular complexity index is 1780. The van der Waals surface area contributed by atoms with Gasteiger partial charge < -0.3 is 19.2 Å². The summed E-state index contributed by atoms with van der Waals surface area (Å²) in [5, 5.41) is 21.0. The molecule has 0 unspecified atom stereocenters. The Morgan fingerprint density at radius 1 is 0.913 bits per heavy atom. The summed E-state index contributed by atoms with van der Waals surface area (Å²) in [7, 11) is 0. The maximum atomic E-state index is 12.5. The standard InChI is InChI=1S/C16H21N3O6.C16H14N2O3/c1-2-25-16(21)15(20)18(8-7-17-9-11-24-12-10-17)13-5-3-4-6-14(13)19(22)23;19-15-16(20)18(21)14-9-5-4-8-13(14)17(15)11-10-12-6-2-1-3-7-12/h3-6H,2,7-12H2,1H3;1-9,21H,10-11H2. The average molecular weight is 634 g/mol. The predicted octanol–water partition coefficient (Wildman–Crippen LogP) is 2.47.